The molecule has 1 unspecified atom stereocenters. The predicted octanol–water partition coefficient (Wildman–Crippen LogP) is 3.12. The van der Waals surface area contributed by atoms with Gasteiger partial charge in [0.25, 0.3) is 0 Å². The number of methoxy groups -OCH3 is 2. The molecule has 0 saturated carbocycles. The Morgan fingerprint density at radius 3 is 2.30 bits per heavy atom. The van der Waals surface area contributed by atoms with Crippen molar-refractivity contribution in [2.45, 2.75) is 39.0 Å². The van der Waals surface area contributed by atoms with Crippen LogP contribution in [-0.2, 0) is 13.0 Å². The Balaban J connectivity index is 1.83. The highest BCUT2D eigenvalue weighted by Crippen LogP contribution is 2.28. The second kappa shape index (κ2) is 12.4. The molecule has 0 radical (unpaired) electrons. The van der Waals surface area contributed by atoms with Crippen LogP contribution in [0.2, 0.25) is 0 Å². The third-order valence-corrected chi connectivity index (χ3v) is 5.12. The van der Waals surface area contributed by atoms with Crippen LogP contribution in [0.1, 0.15) is 25.0 Å². The van der Waals surface area contributed by atoms with Crippen LogP contribution in [0.25, 0.3) is 0 Å². The van der Waals surface area contributed by atoms with Gasteiger partial charge in [-0.15, -0.1) is 0 Å². The largest absolute Gasteiger partial charge is 0.497 e. The predicted molar refractivity (Wildman–Crippen MR) is 121 cm³/mol. The molecule has 30 heavy (non-hydrogen) atoms. The van der Waals surface area contributed by atoms with Crippen molar-refractivity contribution >= 4 is 0 Å². The highest BCUT2D eigenvalue weighted by Gasteiger charge is 2.13. The quantitative estimate of drug-likeness (QED) is 0.489. The average Bonchev–Trinajstić information content (AvgIpc) is 2.75. The van der Waals surface area contributed by atoms with Crippen LogP contribution >= 0.6 is 0 Å². The summed E-state index contributed by atoms with van der Waals surface area (Å²) in [7, 11) is 5.29. The lowest BCUT2D eigenvalue weighted by Crippen LogP contribution is -2.37. The van der Waals surface area contributed by atoms with E-state index in [-0.39, 0.29) is 6.61 Å². The van der Waals surface area contributed by atoms with Crippen LogP contribution in [0.3, 0.4) is 0 Å². The summed E-state index contributed by atoms with van der Waals surface area (Å²) < 4.78 is 16.5. The second-order valence-corrected chi connectivity index (χ2v) is 7.76. The van der Waals surface area contributed by atoms with E-state index in [1.54, 1.807) is 14.2 Å². The van der Waals surface area contributed by atoms with Crippen molar-refractivity contribution < 1.29 is 19.3 Å². The molecule has 2 N–H and O–H groups in total. The van der Waals surface area contributed by atoms with Crippen molar-refractivity contribution in [3.8, 4) is 17.2 Å². The van der Waals surface area contributed by atoms with Gasteiger partial charge >= 0.3 is 0 Å². The molecule has 0 bridgehead atoms. The number of aliphatic hydroxyl groups excluding tert-OH is 1. The van der Waals surface area contributed by atoms with Gasteiger partial charge in [0.05, 0.1) is 14.2 Å². The van der Waals surface area contributed by atoms with E-state index in [0.717, 1.165) is 30.8 Å². The average molecular weight is 417 g/mol. The molecule has 0 aromatic heterocycles. The summed E-state index contributed by atoms with van der Waals surface area (Å²) in [5, 5.41) is 13.7. The topological polar surface area (TPSA) is 63.2 Å². The Kier molecular flexibility index (Phi) is 9.94. The summed E-state index contributed by atoms with van der Waals surface area (Å²) in [6, 6.07) is 14.4. The smallest absolute Gasteiger partial charge is 0.161 e. The van der Waals surface area contributed by atoms with Crippen molar-refractivity contribution in [1.29, 1.82) is 0 Å². The molecular formula is C24H36N2O4. The van der Waals surface area contributed by atoms with E-state index < -0.39 is 6.10 Å². The van der Waals surface area contributed by atoms with E-state index in [1.165, 1.54) is 5.56 Å². The number of likely N-dealkylation sites (N-methyl/N-ethyl adjacent to an activating group) is 1. The molecule has 0 heterocycles. The fourth-order valence-corrected chi connectivity index (χ4v) is 2.98. The summed E-state index contributed by atoms with van der Waals surface area (Å²) in [6.07, 6.45) is 0.382. The fourth-order valence-electron chi connectivity index (χ4n) is 2.98. The first-order chi connectivity index (χ1) is 14.4. The first-order valence-electron chi connectivity index (χ1n) is 10.4. The maximum absolute atomic E-state index is 10.2. The van der Waals surface area contributed by atoms with Crippen LogP contribution in [-0.4, -0.2) is 63.1 Å². The summed E-state index contributed by atoms with van der Waals surface area (Å²) in [6.45, 7) is 6.59. The molecule has 2 aromatic rings. The molecule has 0 saturated heterocycles. The standard InChI is InChI=1S/C24H36N2O4/c1-18(2)26(3)16-21(27)17-30-24-14-20(8-11-23(24)29-5)15-25-13-12-19-6-9-22(28-4)10-7-19/h6-11,14,18,21,25,27H,12-13,15-17H2,1-5H3. The highest BCUT2D eigenvalue weighted by molar-refractivity contribution is 5.43. The lowest BCUT2D eigenvalue weighted by molar-refractivity contribution is 0.0668. The van der Waals surface area contributed by atoms with E-state index in [9.17, 15) is 5.11 Å². The second-order valence-electron chi connectivity index (χ2n) is 7.76. The molecule has 1 atom stereocenters. The maximum Gasteiger partial charge on any atom is 0.161 e. The van der Waals surface area contributed by atoms with E-state index >= 15 is 0 Å². The van der Waals surface area contributed by atoms with E-state index in [1.807, 2.05) is 37.4 Å². The van der Waals surface area contributed by atoms with Crippen molar-refractivity contribution in [2.24, 2.45) is 0 Å². The van der Waals surface area contributed by atoms with Gasteiger partial charge in [-0.25, -0.2) is 0 Å². The molecule has 0 aliphatic heterocycles. The van der Waals surface area contributed by atoms with Crippen molar-refractivity contribution in [1.82, 2.24) is 10.2 Å². The van der Waals surface area contributed by atoms with Gasteiger partial charge in [-0.2, -0.15) is 0 Å². The molecule has 6 heteroatoms. The van der Waals surface area contributed by atoms with Crippen molar-refractivity contribution in [2.75, 3.05) is 41.0 Å². The number of rotatable bonds is 13. The summed E-state index contributed by atoms with van der Waals surface area (Å²) >= 11 is 0. The molecular weight excluding hydrogens is 380 g/mol. The SMILES string of the molecule is COc1ccc(CCNCc2ccc(OC)c(OCC(O)CN(C)C(C)C)c2)cc1. The van der Waals surface area contributed by atoms with Crippen molar-refractivity contribution in [3.05, 3.63) is 53.6 Å². The molecule has 0 amide bonds. The lowest BCUT2D eigenvalue weighted by atomic mass is 10.1. The minimum Gasteiger partial charge on any atom is -0.497 e. The third kappa shape index (κ3) is 7.86. The van der Waals surface area contributed by atoms with Crippen LogP contribution < -0.4 is 19.5 Å². The third-order valence-electron chi connectivity index (χ3n) is 5.12. The monoisotopic (exact) mass is 416 g/mol. The molecule has 0 aliphatic rings. The fraction of sp³-hybridized carbons (Fsp3) is 0.500. The zero-order valence-electron chi connectivity index (χ0n) is 18.9. The minimum absolute atomic E-state index is 0.224. The maximum atomic E-state index is 10.2. The van der Waals surface area contributed by atoms with E-state index in [4.69, 9.17) is 14.2 Å². The molecule has 0 spiro atoms. The zero-order valence-corrected chi connectivity index (χ0v) is 18.9. The summed E-state index contributed by atoms with van der Waals surface area (Å²) in [5.74, 6) is 2.19. The van der Waals surface area contributed by atoms with Crippen molar-refractivity contribution in [3.63, 3.8) is 0 Å². The molecule has 0 fully saturated rings. The Labute approximate surface area is 180 Å². The number of nitrogens with zero attached hydrogens (tertiary/aromatic N) is 1. The zero-order chi connectivity index (χ0) is 21.9. The van der Waals surface area contributed by atoms with Gasteiger partial charge in [-0.3, -0.25) is 0 Å². The van der Waals surface area contributed by atoms with E-state index in [0.29, 0.717) is 24.1 Å². The molecule has 166 valence electrons. The van der Waals surface area contributed by atoms with Gasteiger partial charge in [0.2, 0.25) is 0 Å². The Hall–Kier alpha value is -2.28. The van der Waals surface area contributed by atoms with Gasteiger partial charge in [-0.1, -0.05) is 18.2 Å². The number of aliphatic hydroxyl groups is 1. The number of hydrogen-bond donors (Lipinski definition) is 2. The van der Waals surface area contributed by atoms with Gasteiger partial charge in [0.15, 0.2) is 11.5 Å². The van der Waals surface area contributed by atoms with E-state index in [2.05, 4.69) is 36.2 Å². The molecule has 0 aliphatic carbocycles. The van der Waals surface area contributed by atoms with Gasteiger partial charge in [-0.05, 0) is 69.3 Å². The lowest BCUT2D eigenvalue weighted by Gasteiger charge is -2.24. The summed E-state index contributed by atoms with van der Waals surface area (Å²) in [5.41, 5.74) is 2.37. The van der Waals surface area contributed by atoms with Crippen LogP contribution in [0, 0.1) is 0 Å². The molecule has 6 nitrogen and oxygen atoms in total. The molecule has 2 aromatic carbocycles. The van der Waals surface area contributed by atoms with Gasteiger partial charge in [0, 0.05) is 19.1 Å². The van der Waals surface area contributed by atoms with Gasteiger partial charge in [0.1, 0.15) is 18.5 Å². The van der Waals surface area contributed by atoms with Gasteiger partial charge < -0.3 is 29.5 Å². The van der Waals surface area contributed by atoms with Crippen LogP contribution in [0.15, 0.2) is 42.5 Å². The molecule has 2 rings (SSSR count). The first-order valence-corrected chi connectivity index (χ1v) is 10.4. The first kappa shape index (κ1) is 24.0. The number of hydrogen-bond acceptors (Lipinski definition) is 6. The Morgan fingerprint density at radius 1 is 0.967 bits per heavy atom. The van der Waals surface area contributed by atoms with Crippen LogP contribution in [0.4, 0.5) is 0 Å². The van der Waals surface area contributed by atoms with Crippen LogP contribution in [0.5, 0.6) is 17.2 Å². The Morgan fingerprint density at radius 2 is 1.67 bits per heavy atom. The minimum atomic E-state index is -0.562. The number of benzene rings is 2. The highest BCUT2D eigenvalue weighted by atomic mass is 16.5. The normalized spacial score (nSPS) is 12.3. The number of ether oxygens (including phenoxy) is 3. The Bertz CT molecular complexity index is 749. The number of nitrogens with one attached hydrogen (secondary N) is 1. The summed E-state index contributed by atoms with van der Waals surface area (Å²) in [4.78, 5) is 2.09.